The lowest BCUT2D eigenvalue weighted by Gasteiger charge is -2.04. The molecule has 0 radical (unpaired) electrons. The lowest BCUT2D eigenvalue weighted by molar-refractivity contribution is 0.126. The summed E-state index contributed by atoms with van der Waals surface area (Å²) in [6.07, 6.45) is 0. The van der Waals surface area contributed by atoms with Crippen molar-refractivity contribution < 1.29 is 9.47 Å². The van der Waals surface area contributed by atoms with E-state index in [9.17, 15) is 0 Å². The van der Waals surface area contributed by atoms with Crippen molar-refractivity contribution in [3.63, 3.8) is 0 Å². The smallest absolute Gasteiger partial charge is 0.158 e. The van der Waals surface area contributed by atoms with Gasteiger partial charge < -0.3 is 9.47 Å². The standard InChI is InChI=1S/C9H15N3O2/c1-4-14-6-9-11-7(2)10-8(12-9)5-13-3/h4-6H2,1-3H3. The lowest BCUT2D eigenvalue weighted by atomic mass is 10.5. The normalized spacial score (nSPS) is 10.5. The van der Waals surface area contributed by atoms with E-state index in [-0.39, 0.29) is 0 Å². The molecule has 5 heteroatoms. The molecule has 0 N–H and O–H groups in total. The highest BCUT2D eigenvalue weighted by atomic mass is 16.5. The van der Waals surface area contributed by atoms with E-state index in [1.807, 2.05) is 13.8 Å². The Hall–Kier alpha value is -1.07. The largest absolute Gasteiger partial charge is 0.377 e. The fourth-order valence-electron chi connectivity index (χ4n) is 1.05. The SMILES string of the molecule is CCOCc1nc(C)nc(COC)n1. The summed E-state index contributed by atoms with van der Waals surface area (Å²) in [4.78, 5) is 12.5. The molecule has 0 bridgehead atoms. The summed E-state index contributed by atoms with van der Waals surface area (Å²) in [5.74, 6) is 2.00. The first kappa shape index (κ1) is 11.0. The Morgan fingerprint density at radius 1 is 1.07 bits per heavy atom. The van der Waals surface area contributed by atoms with E-state index in [1.54, 1.807) is 7.11 Å². The van der Waals surface area contributed by atoms with Gasteiger partial charge in [0.2, 0.25) is 0 Å². The minimum absolute atomic E-state index is 0.405. The zero-order chi connectivity index (χ0) is 10.4. The van der Waals surface area contributed by atoms with Gasteiger partial charge in [-0.25, -0.2) is 15.0 Å². The molecule has 0 spiro atoms. The first-order chi connectivity index (χ1) is 6.76. The second kappa shape index (κ2) is 5.62. The van der Waals surface area contributed by atoms with Gasteiger partial charge >= 0.3 is 0 Å². The summed E-state index contributed by atoms with van der Waals surface area (Å²) in [5.41, 5.74) is 0. The quantitative estimate of drug-likeness (QED) is 0.700. The third-order valence-corrected chi connectivity index (χ3v) is 1.55. The summed E-state index contributed by atoms with van der Waals surface area (Å²) in [7, 11) is 1.61. The Labute approximate surface area is 83.5 Å². The molecular formula is C9H15N3O2. The third kappa shape index (κ3) is 3.35. The number of aromatic nitrogens is 3. The molecular weight excluding hydrogens is 182 g/mol. The molecule has 78 valence electrons. The van der Waals surface area contributed by atoms with Crippen LogP contribution in [0.1, 0.15) is 24.4 Å². The average Bonchev–Trinajstić information content (AvgIpc) is 2.14. The van der Waals surface area contributed by atoms with Crippen LogP contribution < -0.4 is 0 Å². The average molecular weight is 197 g/mol. The zero-order valence-corrected chi connectivity index (χ0v) is 8.78. The zero-order valence-electron chi connectivity index (χ0n) is 8.78. The maximum absolute atomic E-state index is 5.21. The Bertz CT molecular complexity index is 291. The van der Waals surface area contributed by atoms with E-state index in [4.69, 9.17) is 9.47 Å². The second-order valence-corrected chi connectivity index (χ2v) is 2.79. The highest BCUT2D eigenvalue weighted by Crippen LogP contribution is 1.98. The number of ether oxygens (including phenoxy) is 2. The van der Waals surface area contributed by atoms with Crippen LogP contribution in [0.25, 0.3) is 0 Å². The van der Waals surface area contributed by atoms with Crippen molar-refractivity contribution in [2.45, 2.75) is 27.1 Å². The molecule has 14 heavy (non-hydrogen) atoms. The molecule has 1 aromatic rings. The molecule has 0 aliphatic rings. The maximum atomic E-state index is 5.21. The van der Waals surface area contributed by atoms with Gasteiger partial charge in [-0.1, -0.05) is 0 Å². The first-order valence-electron chi connectivity index (χ1n) is 4.53. The van der Waals surface area contributed by atoms with Crippen molar-refractivity contribution in [2.75, 3.05) is 13.7 Å². The van der Waals surface area contributed by atoms with E-state index in [0.717, 1.165) is 0 Å². The number of rotatable bonds is 5. The molecule has 0 aromatic carbocycles. The predicted octanol–water partition coefficient (Wildman–Crippen LogP) is 0.863. The van der Waals surface area contributed by atoms with Crippen LogP contribution in [0, 0.1) is 6.92 Å². The predicted molar refractivity (Wildman–Crippen MR) is 50.6 cm³/mol. The van der Waals surface area contributed by atoms with Gasteiger partial charge in [-0.05, 0) is 13.8 Å². The lowest BCUT2D eigenvalue weighted by Crippen LogP contribution is -2.07. The molecule has 0 aliphatic heterocycles. The van der Waals surface area contributed by atoms with E-state index < -0.39 is 0 Å². The van der Waals surface area contributed by atoms with Crippen LogP contribution >= 0.6 is 0 Å². The third-order valence-electron chi connectivity index (χ3n) is 1.55. The van der Waals surface area contributed by atoms with Gasteiger partial charge in [0.1, 0.15) is 19.0 Å². The van der Waals surface area contributed by atoms with Crippen LogP contribution in [0.15, 0.2) is 0 Å². The molecule has 1 heterocycles. The van der Waals surface area contributed by atoms with Crippen LogP contribution in [0.2, 0.25) is 0 Å². The van der Waals surface area contributed by atoms with Crippen molar-refractivity contribution >= 4 is 0 Å². The molecule has 0 saturated heterocycles. The van der Waals surface area contributed by atoms with Gasteiger partial charge in [0, 0.05) is 13.7 Å². The molecule has 0 saturated carbocycles. The molecule has 5 nitrogen and oxygen atoms in total. The van der Waals surface area contributed by atoms with Crippen molar-refractivity contribution in [3.8, 4) is 0 Å². The highest BCUT2D eigenvalue weighted by molar-refractivity contribution is 4.94. The second-order valence-electron chi connectivity index (χ2n) is 2.79. The highest BCUT2D eigenvalue weighted by Gasteiger charge is 2.03. The molecule has 0 atom stereocenters. The minimum atomic E-state index is 0.405. The number of hydrogen-bond donors (Lipinski definition) is 0. The molecule has 0 unspecified atom stereocenters. The summed E-state index contributed by atoms with van der Waals surface area (Å²) < 4.78 is 10.2. The summed E-state index contributed by atoms with van der Waals surface area (Å²) in [5, 5.41) is 0. The van der Waals surface area contributed by atoms with Gasteiger partial charge in [-0.3, -0.25) is 0 Å². The monoisotopic (exact) mass is 197 g/mol. The van der Waals surface area contributed by atoms with Crippen molar-refractivity contribution in [1.29, 1.82) is 0 Å². The summed E-state index contributed by atoms with van der Waals surface area (Å²) in [6.45, 7) is 5.25. The minimum Gasteiger partial charge on any atom is -0.377 e. The number of methoxy groups -OCH3 is 1. The molecule has 1 aromatic heterocycles. The molecule has 0 amide bonds. The Morgan fingerprint density at radius 3 is 2.29 bits per heavy atom. The van der Waals surface area contributed by atoms with Gasteiger partial charge in [-0.15, -0.1) is 0 Å². The van der Waals surface area contributed by atoms with E-state index in [2.05, 4.69) is 15.0 Å². The number of nitrogens with zero attached hydrogens (tertiary/aromatic N) is 3. The molecule has 0 aliphatic carbocycles. The molecule has 0 fully saturated rings. The van der Waals surface area contributed by atoms with Crippen LogP contribution in [-0.4, -0.2) is 28.7 Å². The maximum Gasteiger partial charge on any atom is 0.158 e. The Balaban J connectivity index is 2.73. The van der Waals surface area contributed by atoms with Gasteiger partial charge in [-0.2, -0.15) is 0 Å². The summed E-state index contributed by atoms with van der Waals surface area (Å²) in [6, 6.07) is 0. The summed E-state index contributed by atoms with van der Waals surface area (Å²) >= 11 is 0. The fourth-order valence-corrected chi connectivity index (χ4v) is 1.05. The van der Waals surface area contributed by atoms with Crippen LogP contribution in [-0.2, 0) is 22.7 Å². The first-order valence-corrected chi connectivity index (χ1v) is 4.53. The van der Waals surface area contributed by atoms with Crippen molar-refractivity contribution in [3.05, 3.63) is 17.5 Å². The Morgan fingerprint density at radius 2 is 1.71 bits per heavy atom. The van der Waals surface area contributed by atoms with Crippen molar-refractivity contribution in [2.24, 2.45) is 0 Å². The number of aryl methyl sites for hydroxylation is 1. The van der Waals surface area contributed by atoms with Crippen LogP contribution in [0.4, 0.5) is 0 Å². The number of hydrogen-bond acceptors (Lipinski definition) is 5. The van der Waals surface area contributed by atoms with Gasteiger partial charge in [0.15, 0.2) is 11.6 Å². The van der Waals surface area contributed by atoms with Gasteiger partial charge in [0.25, 0.3) is 0 Å². The van der Waals surface area contributed by atoms with E-state index in [1.165, 1.54) is 0 Å². The molecule has 1 rings (SSSR count). The van der Waals surface area contributed by atoms with Crippen LogP contribution in [0.5, 0.6) is 0 Å². The van der Waals surface area contributed by atoms with Crippen molar-refractivity contribution in [1.82, 2.24) is 15.0 Å². The fraction of sp³-hybridized carbons (Fsp3) is 0.667. The van der Waals surface area contributed by atoms with Gasteiger partial charge in [0.05, 0.1) is 0 Å². The topological polar surface area (TPSA) is 57.1 Å². The Kier molecular flexibility index (Phi) is 4.42. The van der Waals surface area contributed by atoms with E-state index in [0.29, 0.717) is 37.3 Å². The van der Waals surface area contributed by atoms with E-state index >= 15 is 0 Å². The van der Waals surface area contributed by atoms with Crippen LogP contribution in [0.3, 0.4) is 0 Å².